The van der Waals surface area contributed by atoms with Crippen LogP contribution in [-0.4, -0.2) is 0 Å². The number of hydrogen-bond donors (Lipinski definition) is 0. The van der Waals surface area contributed by atoms with E-state index < -0.39 is 0 Å². The first-order valence-corrected chi connectivity index (χ1v) is 3.18. The van der Waals surface area contributed by atoms with Crippen molar-refractivity contribution in [1.82, 2.24) is 0 Å². The maximum atomic E-state index is 2.22. The first kappa shape index (κ1) is 16.6. The quantitative estimate of drug-likeness (QED) is 0.617. The summed E-state index contributed by atoms with van der Waals surface area (Å²) >= 11 is 0. The minimum Gasteiger partial charge on any atom is -0.358 e. The third-order valence-electron chi connectivity index (χ3n) is 1.50. The maximum absolute atomic E-state index is 2.22. The fourth-order valence-electron chi connectivity index (χ4n) is 0.750. The molecule has 1 heteroatoms. The van der Waals surface area contributed by atoms with E-state index in [2.05, 4.69) is 20.8 Å². The average molecular weight is 203 g/mol. The van der Waals surface area contributed by atoms with Crippen molar-refractivity contribution in [2.75, 3.05) is 0 Å². The molecule has 0 saturated carbocycles. The Kier molecular flexibility index (Phi) is 21.8. The molecule has 0 aromatic carbocycles. The molecule has 0 aromatic rings. The summed E-state index contributed by atoms with van der Waals surface area (Å²) in [5.41, 5.74) is 0. The molecule has 0 aliphatic rings. The first-order valence-electron chi connectivity index (χ1n) is 3.18. The van der Waals surface area contributed by atoms with Crippen molar-refractivity contribution >= 4 is 0 Å². The predicted octanol–water partition coefficient (Wildman–Crippen LogP) is 3.24. The van der Waals surface area contributed by atoms with Crippen LogP contribution in [0.25, 0.3) is 0 Å². The summed E-state index contributed by atoms with van der Waals surface area (Å²) < 4.78 is 0. The van der Waals surface area contributed by atoms with Crippen LogP contribution in [-0.2, 0) is 32.7 Å². The van der Waals surface area contributed by atoms with Gasteiger partial charge in [0.1, 0.15) is 0 Å². The molecule has 0 aliphatic carbocycles. The standard InChI is InChI=1S/C7H15.CH3.Y/c1-4-7(5-2)6-3;;/h4-6H2,1-3H3;1H3;/q2*-1;. The molecule has 0 nitrogen and oxygen atoms in total. The van der Waals surface area contributed by atoms with Crippen molar-refractivity contribution < 1.29 is 32.7 Å². The molecule has 0 fully saturated rings. The second-order valence-corrected chi connectivity index (χ2v) is 1.81. The zero-order valence-electron chi connectivity index (χ0n) is 7.20. The van der Waals surface area contributed by atoms with E-state index in [9.17, 15) is 0 Å². The van der Waals surface area contributed by atoms with Gasteiger partial charge >= 0.3 is 0 Å². The Morgan fingerprint density at radius 1 is 0.889 bits per heavy atom. The van der Waals surface area contributed by atoms with Crippen LogP contribution in [0, 0.1) is 13.3 Å². The second kappa shape index (κ2) is 11.8. The van der Waals surface area contributed by atoms with Crippen LogP contribution >= 0.6 is 0 Å². The average Bonchev–Trinajstić information content (AvgIpc) is 1.72. The summed E-state index contributed by atoms with van der Waals surface area (Å²) in [4.78, 5) is 0. The number of hydrogen-bond acceptors (Lipinski definition) is 0. The molecule has 0 rings (SSSR count). The van der Waals surface area contributed by atoms with Crippen molar-refractivity contribution in [3.05, 3.63) is 13.3 Å². The fraction of sp³-hybridized carbons (Fsp3) is 0.750. The molecule has 0 heterocycles. The molecule has 1 radical (unpaired) electrons. The largest absolute Gasteiger partial charge is 0.358 e. The molecule has 55 valence electrons. The summed E-state index contributed by atoms with van der Waals surface area (Å²) in [6, 6.07) is 0. The van der Waals surface area contributed by atoms with Gasteiger partial charge in [0.15, 0.2) is 0 Å². The van der Waals surface area contributed by atoms with Gasteiger partial charge in [0, 0.05) is 32.7 Å². The van der Waals surface area contributed by atoms with Gasteiger partial charge in [-0.2, -0.15) is 19.3 Å². The van der Waals surface area contributed by atoms with Gasteiger partial charge in [0.05, 0.1) is 0 Å². The molecule has 0 amide bonds. The third-order valence-corrected chi connectivity index (χ3v) is 1.50. The molecule has 0 spiro atoms. The van der Waals surface area contributed by atoms with Crippen LogP contribution in [0.15, 0.2) is 0 Å². The molecular weight excluding hydrogens is 185 g/mol. The molecule has 0 aromatic heterocycles. The monoisotopic (exact) mass is 203 g/mol. The van der Waals surface area contributed by atoms with Crippen molar-refractivity contribution in [2.24, 2.45) is 0 Å². The topological polar surface area (TPSA) is 0 Å². The van der Waals surface area contributed by atoms with Crippen molar-refractivity contribution in [2.45, 2.75) is 40.0 Å². The predicted molar refractivity (Wildman–Crippen MR) is 40.5 cm³/mol. The van der Waals surface area contributed by atoms with E-state index in [1.54, 1.807) is 5.92 Å². The molecule has 0 unspecified atom stereocenters. The SMILES string of the molecule is CC[C-](CC)CC.[CH3-].[Y]. The van der Waals surface area contributed by atoms with Gasteiger partial charge in [-0.1, -0.05) is 20.8 Å². The fourth-order valence-corrected chi connectivity index (χ4v) is 0.750. The van der Waals surface area contributed by atoms with Gasteiger partial charge < -0.3 is 13.3 Å². The van der Waals surface area contributed by atoms with E-state index in [0.717, 1.165) is 0 Å². The Labute approximate surface area is 85.7 Å². The summed E-state index contributed by atoms with van der Waals surface area (Å²) in [6.07, 6.45) is 3.81. The van der Waals surface area contributed by atoms with Crippen LogP contribution in [0.4, 0.5) is 0 Å². The Hall–Kier alpha value is 1.10. The van der Waals surface area contributed by atoms with Gasteiger partial charge in [0.2, 0.25) is 0 Å². The van der Waals surface area contributed by atoms with Crippen LogP contribution in [0.3, 0.4) is 0 Å². The first-order chi connectivity index (χ1) is 3.35. The van der Waals surface area contributed by atoms with Gasteiger partial charge in [-0.15, -0.1) is 0 Å². The Morgan fingerprint density at radius 3 is 1.11 bits per heavy atom. The van der Waals surface area contributed by atoms with E-state index in [0.29, 0.717) is 0 Å². The minimum atomic E-state index is 0. The molecule has 0 saturated heterocycles. The number of rotatable bonds is 3. The van der Waals surface area contributed by atoms with E-state index in [1.165, 1.54) is 19.3 Å². The third kappa shape index (κ3) is 9.10. The van der Waals surface area contributed by atoms with E-state index in [1.807, 2.05) is 0 Å². The molecule has 9 heavy (non-hydrogen) atoms. The van der Waals surface area contributed by atoms with Gasteiger partial charge in [-0.3, -0.25) is 0 Å². The zero-order chi connectivity index (χ0) is 5.70. The van der Waals surface area contributed by atoms with Crippen molar-refractivity contribution in [3.8, 4) is 0 Å². The van der Waals surface area contributed by atoms with Crippen LogP contribution in [0.2, 0.25) is 0 Å². The van der Waals surface area contributed by atoms with E-state index in [-0.39, 0.29) is 40.1 Å². The summed E-state index contributed by atoms with van der Waals surface area (Å²) in [5, 5.41) is 0. The van der Waals surface area contributed by atoms with Gasteiger partial charge in [0.25, 0.3) is 0 Å². The van der Waals surface area contributed by atoms with Crippen LogP contribution in [0.1, 0.15) is 40.0 Å². The maximum Gasteiger partial charge on any atom is 0 e. The molecule has 0 N–H and O–H groups in total. The Bertz CT molecular complexity index is 26.0. The smallest absolute Gasteiger partial charge is 0 e. The second-order valence-electron chi connectivity index (χ2n) is 1.81. The van der Waals surface area contributed by atoms with Gasteiger partial charge in [-0.25, -0.2) is 0 Å². The van der Waals surface area contributed by atoms with Crippen molar-refractivity contribution in [1.29, 1.82) is 0 Å². The normalized spacial score (nSPS) is 8.00. The van der Waals surface area contributed by atoms with Crippen molar-refractivity contribution in [3.63, 3.8) is 0 Å². The summed E-state index contributed by atoms with van der Waals surface area (Å²) in [6.45, 7) is 6.67. The summed E-state index contributed by atoms with van der Waals surface area (Å²) in [7, 11) is 0. The Morgan fingerprint density at radius 2 is 1.11 bits per heavy atom. The molecule has 0 bridgehead atoms. The summed E-state index contributed by atoms with van der Waals surface area (Å²) in [5.74, 6) is 1.68. The van der Waals surface area contributed by atoms with Crippen LogP contribution in [0.5, 0.6) is 0 Å². The van der Waals surface area contributed by atoms with E-state index >= 15 is 0 Å². The Balaban J connectivity index is -0.000000180. The molecule has 0 atom stereocenters. The van der Waals surface area contributed by atoms with Gasteiger partial charge in [-0.05, 0) is 0 Å². The minimum absolute atomic E-state index is 0. The zero-order valence-corrected chi connectivity index (χ0v) is 10.0. The molecular formula is C8H18Y-2. The molecule has 0 aliphatic heterocycles. The van der Waals surface area contributed by atoms with Crippen LogP contribution < -0.4 is 0 Å². The van der Waals surface area contributed by atoms with E-state index in [4.69, 9.17) is 0 Å².